The van der Waals surface area contributed by atoms with Crippen molar-refractivity contribution in [2.24, 2.45) is 10.9 Å². The predicted molar refractivity (Wildman–Crippen MR) is 78.7 cm³/mol. The van der Waals surface area contributed by atoms with E-state index in [1.54, 1.807) is 6.92 Å². The highest BCUT2D eigenvalue weighted by Gasteiger charge is 2.15. The number of anilines is 1. The van der Waals surface area contributed by atoms with E-state index < -0.39 is 11.9 Å². The number of aliphatic imine (C=N–C) groups is 1. The molecule has 0 heterocycles. The van der Waals surface area contributed by atoms with Gasteiger partial charge in [0.25, 0.3) is 0 Å². The number of nitriles is 1. The van der Waals surface area contributed by atoms with Crippen LogP contribution < -0.4 is 4.90 Å². The molecule has 0 amide bonds. The Labute approximate surface area is 119 Å². The maximum absolute atomic E-state index is 11.4. The number of rotatable bonds is 6. The van der Waals surface area contributed by atoms with Crippen molar-refractivity contribution in [1.29, 1.82) is 5.26 Å². The molecular weight excluding hydrogens is 254 g/mol. The van der Waals surface area contributed by atoms with E-state index in [1.165, 1.54) is 6.21 Å². The van der Waals surface area contributed by atoms with Gasteiger partial charge in [0, 0.05) is 26.0 Å². The summed E-state index contributed by atoms with van der Waals surface area (Å²) in [5.74, 6) is -1.49. The van der Waals surface area contributed by atoms with Gasteiger partial charge in [0.15, 0.2) is 5.92 Å². The number of carbonyl (C=O) groups is 1. The topological polar surface area (TPSA) is 65.7 Å². The van der Waals surface area contributed by atoms with Crippen LogP contribution in [0.15, 0.2) is 29.3 Å². The molecule has 0 radical (unpaired) electrons. The molecule has 0 aliphatic carbocycles. The van der Waals surface area contributed by atoms with E-state index in [-0.39, 0.29) is 6.61 Å². The lowest BCUT2D eigenvalue weighted by molar-refractivity contribution is -0.143. The Morgan fingerprint density at radius 2 is 2.10 bits per heavy atom. The summed E-state index contributed by atoms with van der Waals surface area (Å²) in [6.07, 6.45) is 1.35. The van der Waals surface area contributed by atoms with E-state index in [0.29, 0.717) is 6.54 Å². The van der Waals surface area contributed by atoms with Gasteiger partial charge in [-0.1, -0.05) is 12.1 Å². The van der Waals surface area contributed by atoms with E-state index >= 15 is 0 Å². The molecule has 0 aliphatic heterocycles. The van der Waals surface area contributed by atoms with Crippen molar-refractivity contribution in [3.63, 3.8) is 0 Å². The minimum Gasteiger partial charge on any atom is -0.465 e. The van der Waals surface area contributed by atoms with Crippen LogP contribution in [0.4, 0.5) is 5.69 Å². The molecule has 0 N–H and O–H groups in total. The summed E-state index contributed by atoms with van der Waals surface area (Å²) < 4.78 is 4.78. The van der Waals surface area contributed by atoms with Crippen LogP contribution in [0.1, 0.15) is 12.5 Å². The molecule has 5 nitrogen and oxygen atoms in total. The third-order valence-electron chi connectivity index (χ3n) is 2.66. The van der Waals surface area contributed by atoms with Gasteiger partial charge in [0.2, 0.25) is 0 Å². The van der Waals surface area contributed by atoms with Crippen molar-refractivity contribution in [3.8, 4) is 6.07 Å². The van der Waals surface area contributed by atoms with Gasteiger partial charge >= 0.3 is 5.97 Å². The summed E-state index contributed by atoms with van der Waals surface area (Å²) in [7, 11) is 3.95. The first kappa shape index (κ1) is 15.7. The minimum atomic E-state index is -0.934. The van der Waals surface area contributed by atoms with Crippen LogP contribution in [0, 0.1) is 17.2 Å². The zero-order chi connectivity index (χ0) is 15.0. The van der Waals surface area contributed by atoms with Crippen LogP contribution in [0.25, 0.3) is 0 Å². The molecule has 20 heavy (non-hydrogen) atoms. The SMILES string of the molecule is CCOC(=O)[C@@H](C#N)C=NCc1ccc(N(C)C)cc1. The highest BCUT2D eigenvalue weighted by molar-refractivity contribution is 5.92. The summed E-state index contributed by atoms with van der Waals surface area (Å²) in [6.45, 7) is 2.40. The molecule has 0 aromatic heterocycles. The Morgan fingerprint density at radius 1 is 1.45 bits per heavy atom. The minimum absolute atomic E-state index is 0.261. The molecule has 0 spiro atoms. The lowest BCUT2D eigenvalue weighted by Gasteiger charge is -2.12. The second kappa shape index (κ2) is 7.95. The average Bonchev–Trinajstić information content (AvgIpc) is 2.44. The summed E-state index contributed by atoms with van der Waals surface area (Å²) in [4.78, 5) is 17.5. The number of carbonyl (C=O) groups excluding carboxylic acids is 1. The van der Waals surface area contributed by atoms with Gasteiger partial charge < -0.3 is 9.64 Å². The molecule has 0 fully saturated rings. The Bertz CT molecular complexity index is 501. The van der Waals surface area contributed by atoms with Crippen LogP contribution in [0.3, 0.4) is 0 Å². The van der Waals surface area contributed by atoms with Crippen LogP contribution in [0.2, 0.25) is 0 Å². The van der Waals surface area contributed by atoms with Gasteiger partial charge in [-0.3, -0.25) is 9.79 Å². The number of benzene rings is 1. The Balaban J connectivity index is 2.59. The molecule has 1 atom stereocenters. The standard InChI is InChI=1S/C15H19N3O2/c1-4-20-15(19)13(9-16)11-17-10-12-5-7-14(8-6-12)18(2)3/h5-8,11,13H,4,10H2,1-3H3/t13-/m0/s1. The zero-order valence-electron chi connectivity index (χ0n) is 12.0. The number of hydrogen-bond acceptors (Lipinski definition) is 5. The second-order valence-electron chi connectivity index (χ2n) is 4.41. The van der Waals surface area contributed by atoms with Gasteiger partial charge in [-0.15, -0.1) is 0 Å². The van der Waals surface area contributed by atoms with E-state index in [2.05, 4.69) is 4.99 Å². The lowest BCUT2D eigenvalue weighted by Crippen LogP contribution is -2.17. The molecule has 1 aromatic carbocycles. The van der Waals surface area contributed by atoms with E-state index in [1.807, 2.05) is 49.3 Å². The number of nitrogens with zero attached hydrogens (tertiary/aromatic N) is 3. The van der Waals surface area contributed by atoms with E-state index in [9.17, 15) is 4.79 Å². The second-order valence-corrected chi connectivity index (χ2v) is 4.41. The predicted octanol–water partition coefficient (Wildman–Crippen LogP) is 2.03. The van der Waals surface area contributed by atoms with Crippen LogP contribution in [-0.4, -0.2) is 32.9 Å². The summed E-state index contributed by atoms with van der Waals surface area (Å²) in [6, 6.07) is 9.80. The maximum Gasteiger partial charge on any atom is 0.328 e. The molecule has 0 aliphatic rings. The normalized spacial score (nSPS) is 11.9. The first-order valence-electron chi connectivity index (χ1n) is 6.41. The van der Waals surface area contributed by atoms with Crippen LogP contribution in [-0.2, 0) is 16.1 Å². The van der Waals surface area contributed by atoms with Gasteiger partial charge in [-0.25, -0.2) is 0 Å². The van der Waals surface area contributed by atoms with Crippen molar-refractivity contribution >= 4 is 17.9 Å². The maximum atomic E-state index is 11.4. The molecule has 1 rings (SSSR count). The van der Waals surface area contributed by atoms with Crippen molar-refractivity contribution in [1.82, 2.24) is 0 Å². The Hall–Kier alpha value is -2.35. The van der Waals surface area contributed by atoms with Crippen LogP contribution >= 0.6 is 0 Å². The fourth-order valence-electron chi connectivity index (χ4n) is 1.54. The van der Waals surface area contributed by atoms with E-state index in [4.69, 9.17) is 10.00 Å². The smallest absolute Gasteiger partial charge is 0.328 e. The Morgan fingerprint density at radius 3 is 2.60 bits per heavy atom. The molecule has 0 saturated heterocycles. The highest BCUT2D eigenvalue weighted by Crippen LogP contribution is 2.12. The summed E-state index contributed by atoms with van der Waals surface area (Å²) >= 11 is 0. The highest BCUT2D eigenvalue weighted by atomic mass is 16.5. The summed E-state index contributed by atoms with van der Waals surface area (Å²) in [5.41, 5.74) is 2.13. The number of esters is 1. The molecule has 0 unspecified atom stereocenters. The van der Waals surface area contributed by atoms with Crippen molar-refractivity contribution < 1.29 is 9.53 Å². The third-order valence-corrected chi connectivity index (χ3v) is 2.66. The van der Waals surface area contributed by atoms with E-state index in [0.717, 1.165) is 11.3 Å². The monoisotopic (exact) mass is 273 g/mol. The number of hydrogen-bond donors (Lipinski definition) is 0. The average molecular weight is 273 g/mol. The quantitative estimate of drug-likeness (QED) is 0.587. The van der Waals surface area contributed by atoms with Crippen molar-refractivity contribution in [2.45, 2.75) is 13.5 Å². The van der Waals surface area contributed by atoms with Gasteiger partial charge in [-0.05, 0) is 24.6 Å². The largest absolute Gasteiger partial charge is 0.465 e. The fourth-order valence-corrected chi connectivity index (χ4v) is 1.54. The molecule has 106 valence electrons. The Kier molecular flexibility index (Phi) is 6.24. The van der Waals surface area contributed by atoms with Gasteiger partial charge in [0.1, 0.15) is 0 Å². The third kappa shape index (κ3) is 4.73. The number of ether oxygens (including phenoxy) is 1. The van der Waals surface area contributed by atoms with Gasteiger partial charge in [-0.2, -0.15) is 5.26 Å². The molecule has 0 saturated carbocycles. The van der Waals surface area contributed by atoms with Crippen LogP contribution in [0.5, 0.6) is 0 Å². The molecule has 5 heteroatoms. The molecular formula is C15H19N3O2. The first-order valence-corrected chi connectivity index (χ1v) is 6.41. The zero-order valence-corrected chi connectivity index (χ0v) is 12.0. The van der Waals surface area contributed by atoms with Crippen molar-refractivity contribution in [3.05, 3.63) is 29.8 Å². The molecule has 1 aromatic rings. The fraction of sp³-hybridized carbons (Fsp3) is 0.400. The molecule has 0 bridgehead atoms. The van der Waals surface area contributed by atoms with Crippen molar-refractivity contribution in [2.75, 3.05) is 25.6 Å². The summed E-state index contributed by atoms with van der Waals surface area (Å²) in [5, 5.41) is 8.87. The first-order chi connectivity index (χ1) is 9.58. The lowest BCUT2D eigenvalue weighted by atomic mass is 10.2. The van der Waals surface area contributed by atoms with Gasteiger partial charge in [0.05, 0.1) is 19.2 Å².